The number of aryl methyl sites for hydroxylation is 2. The average Bonchev–Trinajstić information content (AvgIpc) is 3.54. The maximum Gasteiger partial charge on any atom is 0.277 e. The normalized spacial score (nSPS) is 10.7. The summed E-state index contributed by atoms with van der Waals surface area (Å²) in [6.07, 6.45) is 0. The number of hydrogen-bond donors (Lipinski definition) is 3. The van der Waals surface area contributed by atoms with E-state index in [2.05, 4.69) is 31.1 Å². The summed E-state index contributed by atoms with van der Waals surface area (Å²) in [5, 5.41) is 15.2. The van der Waals surface area contributed by atoms with Crippen LogP contribution in [0.5, 0.6) is 0 Å². The van der Waals surface area contributed by atoms with Crippen LogP contribution in [0.4, 0.5) is 28.8 Å². The molecule has 0 aliphatic carbocycles. The highest BCUT2D eigenvalue weighted by Gasteiger charge is 2.14. The molecule has 1 amide bonds. The number of anilines is 5. The number of nitrogens with one attached hydrogen (secondary N) is 3. The first-order chi connectivity index (χ1) is 17.0. The summed E-state index contributed by atoms with van der Waals surface area (Å²) < 4.78 is 5.29. The molecule has 5 aromatic rings. The maximum absolute atomic E-state index is 12.5. The monoisotopic (exact) mass is 482 g/mol. The van der Waals surface area contributed by atoms with Crippen molar-refractivity contribution < 1.29 is 9.32 Å². The molecule has 0 radical (unpaired) electrons. The highest BCUT2D eigenvalue weighted by molar-refractivity contribution is 7.13. The smallest absolute Gasteiger partial charge is 0.277 e. The molecule has 3 aromatic heterocycles. The number of hydrogen-bond acceptors (Lipinski definition) is 8. The zero-order valence-electron chi connectivity index (χ0n) is 19.1. The van der Waals surface area contributed by atoms with Gasteiger partial charge in [-0.05, 0) is 61.7 Å². The standard InChI is InChI=1S/C26H22N6O2S/c1-16-5-7-20(8-6-16)30-26-27-17(2)14-24(31-26)28-18-9-11-19(12-10-18)29-25(33)21-15-22(34-32-21)23-4-3-13-35-23/h3-15H,1-2H3,(H,29,33)(H2,27,28,30,31). The Kier molecular flexibility index (Phi) is 6.23. The predicted molar refractivity (Wildman–Crippen MR) is 139 cm³/mol. The van der Waals surface area contributed by atoms with Gasteiger partial charge < -0.3 is 20.5 Å². The van der Waals surface area contributed by atoms with Gasteiger partial charge in [0.15, 0.2) is 11.5 Å². The molecule has 8 nitrogen and oxygen atoms in total. The van der Waals surface area contributed by atoms with Gasteiger partial charge in [-0.3, -0.25) is 4.79 Å². The maximum atomic E-state index is 12.5. The molecule has 0 fully saturated rings. The van der Waals surface area contributed by atoms with Crippen LogP contribution in [0.1, 0.15) is 21.7 Å². The van der Waals surface area contributed by atoms with E-state index < -0.39 is 0 Å². The van der Waals surface area contributed by atoms with Gasteiger partial charge in [-0.1, -0.05) is 28.9 Å². The van der Waals surface area contributed by atoms with E-state index in [0.29, 0.717) is 23.2 Å². The number of rotatable bonds is 7. The van der Waals surface area contributed by atoms with Crippen molar-refractivity contribution in [3.8, 4) is 10.6 Å². The summed E-state index contributed by atoms with van der Waals surface area (Å²) in [4.78, 5) is 22.5. The fraction of sp³-hybridized carbons (Fsp3) is 0.0769. The van der Waals surface area contributed by atoms with Crippen LogP contribution in [0.3, 0.4) is 0 Å². The fourth-order valence-corrected chi connectivity index (χ4v) is 4.02. The van der Waals surface area contributed by atoms with Gasteiger partial charge in [0.1, 0.15) is 5.82 Å². The largest absolute Gasteiger partial charge is 0.355 e. The van der Waals surface area contributed by atoms with Crippen LogP contribution in [-0.2, 0) is 0 Å². The van der Waals surface area contributed by atoms with Crippen LogP contribution >= 0.6 is 11.3 Å². The number of benzene rings is 2. The van der Waals surface area contributed by atoms with Gasteiger partial charge in [-0.2, -0.15) is 4.98 Å². The summed E-state index contributed by atoms with van der Waals surface area (Å²) in [5.41, 5.74) is 4.62. The molecule has 0 atom stereocenters. The minimum atomic E-state index is -0.337. The second-order valence-corrected chi connectivity index (χ2v) is 8.87. The van der Waals surface area contributed by atoms with E-state index in [1.165, 1.54) is 16.9 Å². The number of amides is 1. The molecule has 0 bridgehead atoms. The van der Waals surface area contributed by atoms with Crippen molar-refractivity contribution in [1.29, 1.82) is 0 Å². The highest BCUT2D eigenvalue weighted by atomic mass is 32.1. The third kappa shape index (κ3) is 5.53. The zero-order chi connectivity index (χ0) is 24.2. The van der Waals surface area contributed by atoms with Gasteiger partial charge in [-0.25, -0.2) is 4.98 Å². The Morgan fingerprint density at radius 1 is 0.857 bits per heavy atom. The van der Waals surface area contributed by atoms with Crippen molar-refractivity contribution in [2.45, 2.75) is 13.8 Å². The summed E-state index contributed by atoms with van der Waals surface area (Å²) in [7, 11) is 0. The van der Waals surface area contributed by atoms with Crippen LogP contribution in [0.15, 0.2) is 82.7 Å². The molecule has 35 heavy (non-hydrogen) atoms. The third-order valence-electron chi connectivity index (χ3n) is 5.08. The lowest BCUT2D eigenvalue weighted by atomic mass is 10.2. The topological polar surface area (TPSA) is 105 Å². The van der Waals surface area contributed by atoms with Crippen LogP contribution in [-0.4, -0.2) is 21.0 Å². The summed E-state index contributed by atoms with van der Waals surface area (Å²) in [6.45, 7) is 3.96. The van der Waals surface area contributed by atoms with Gasteiger partial charge in [-0.15, -0.1) is 11.3 Å². The quantitative estimate of drug-likeness (QED) is 0.242. The van der Waals surface area contributed by atoms with Crippen LogP contribution < -0.4 is 16.0 Å². The summed E-state index contributed by atoms with van der Waals surface area (Å²) in [5.74, 6) is 1.40. The zero-order valence-corrected chi connectivity index (χ0v) is 19.9. The second kappa shape index (κ2) is 9.78. The molecule has 9 heteroatoms. The molecule has 0 aliphatic rings. The van der Waals surface area contributed by atoms with Gasteiger partial charge in [0.05, 0.1) is 4.88 Å². The SMILES string of the molecule is Cc1ccc(Nc2nc(C)cc(Nc3ccc(NC(=O)c4cc(-c5cccs5)on4)cc3)n2)cc1. The van der Waals surface area contributed by atoms with Crippen LogP contribution in [0.25, 0.3) is 10.6 Å². The van der Waals surface area contributed by atoms with Crippen molar-refractivity contribution in [2.24, 2.45) is 0 Å². The average molecular weight is 483 g/mol. The molecule has 3 heterocycles. The van der Waals surface area contributed by atoms with Crippen molar-refractivity contribution in [3.63, 3.8) is 0 Å². The van der Waals surface area contributed by atoms with Gasteiger partial charge in [0.25, 0.3) is 5.91 Å². The lowest BCUT2D eigenvalue weighted by Gasteiger charge is -2.11. The molecule has 0 spiro atoms. The Morgan fingerprint density at radius 2 is 1.57 bits per heavy atom. The molecular weight excluding hydrogens is 460 g/mol. The van der Waals surface area contributed by atoms with Gasteiger partial charge >= 0.3 is 0 Å². The first-order valence-electron chi connectivity index (χ1n) is 10.9. The molecule has 0 unspecified atom stereocenters. The van der Waals surface area contributed by atoms with Crippen LogP contribution in [0, 0.1) is 13.8 Å². The lowest BCUT2D eigenvalue weighted by Crippen LogP contribution is -2.12. The Labute approximate surface area is 206 Å². The van der Waals surface area contributed by atoms with Crippen molar-refractivity contribution in [1.82, 2.24) is 15.1 Å². The number of thiophene rings is 1. The van der Waals surface area contributed by atoms with Gasteiger partial charge in [0, 0.05) is 34.9 Å². The van der Waals surface area contributed by atoms with E-state index in [1.54, 1.807) is 18.2 Å². The number of carbonyl (C=O) groups excluding carboxylic acids is 1. The van der Waals surface area contributed by atoms with Crippen molar-refractivity contribution >= 4 is 46.1 Å². The van der Waals surface area contributed by atoms with E-state index in [9.17, 15) is 4.79 Å². The predicted octanol–water partition coefficient (Wildman–Crippen LogP) is 6.55. The molecule has 3 N–H and O–H groups in total. The Balaban J connectivity index is 1.23. The summed E-state index contributed by atoms with van der Waals surface area (Å²) in [6, 6.07) is 22.7. The second-order valence-electron chi connectivity index (χ2n) is 7.92. The summed E-state index contributed by atoms with van der Waals surface area (Å²) >= 11 is 1.52. The Morgan fingerprint density at radius 3 is 2.31 bits per heavy atom. The molecule has 0 aliphatic heterocycles. The Bertz CT molecular complexity index is 1440. The minimum absolute atomic E-state index is 0.223. The molecule has 2 aromatic carbocycles. The lowest BCUT2D eigenvalue weighted by molar-refractivity contribution is 0.101. The molecule has 174 valence electrons. The Hall–Kier alpha value is -4.50. The van der Waals surface area contributed by atoms with Crippen LogP contribution in [0.2, 0.25) is 0 Å². The number of carbonyl (C=O) groups is 1. The highest BCUT2D eigenvalue weighted by Crippen LogP contribution is 2.26. The molecular formula is C26H22N6O2S. The number of nitrogens with zero attached hydrogens (tertiary/aromatic N) is 3. The van der Waals surface area contributed by atoms with E-state index in [4.69, 9.17) is 4.52 Å². The fourth-order valence-electron chi connectivity index (χ4n) is 3.35. The first-order valence-corrected chi connectivity index (χ1v) is 11.8. The van der Waals surface area contributed by atoms with Crippen molar-refractivity contribution in [2.75, 3.05) is 16.0 Å². The molecule has 5 rings (SSSR count). The number of aromatic nitrogens is 3. The van der Waals surface area contributed by atoms with Crippen molar-refractivity contribution in [3.05, 3.63) is 95.1 Å². The van der Waals surface area contributed by atoms with E-state index in [-0.39, 0.29) is 11.6 Å². The van der Waals surface area contributed by atoms with E-state index >= 15 is 0 Å². The third-order valence-corrected chi connectivity index (χ3v) is 5.97. The van der Waals surface area contributed by atoms with E-state index in [1.807, 2.05) is 73.8 Å². The molecule has 0 saturated heterocycles. The van der Waals surface area contributed by atoms with Gasteiger partial charge in [0.2, 0.25) is 5.95 Å². The molecule has 0 saturated carbocycles. The first kappa shape index (κ1) is 22.3. The minimum Gasteiger partial charge on any atom is -0.355 e. The van der Waals surface area contributed by atoms with E-state index in [0.717, 1.165) is 21.9 Å².